The molecule has 0 aliphatic carbocycles. The van der Waals surface area contributed by atoms with E-state index in [0.717, 1.165) is 5.56 Å². The van der Waals surface area contributed by atoms with Gasteiger partial charge in [-0.15, -0.1) is 0 Å². The van der Waals surface area contributed by atoms with Crippen molar-refractivity contribution in [2.24, 2.45) is 5.73 Å². The number of hydrogen-bond acceptors (Lipinski definition) is 3. The molecule has 0 bridgehead atoms. The molecule has 4 N–H and O–H groups in total. The molecule has 0 spiro atoms. The first-order valence-corrected chi connectivity index (χ1v) is 5.20. The number of aliphatic hydroxyl groups is 1. The summed E-state index contributed by atoms with van der Waals surface area (Å²) in [6, 6.07) is 4.89. The lowest BCUT2D eigenvalue weighted by molar-refractivity contribution is 0.150. The van der Waals surface area contributed by atoms with Gasteiger partial charge in [0.05, 0.1) is 6.10 Å². The summed E-state index contributed by atoms with van der Waals surface area (Å²) in [5.74, 6) is 0.467. The minimum atomic E-state index is -0.816. The highest BCUT2D eigenvalue weighted by Crippen LogP contribution is 2.29. The van der Waals surface area contributed by atoms with Crippen LogP contribution in [0.3, 0.4) is 0 Å². The predicted octanol–water partition coefficient (Wildman–Crippen LogP) is 1.90. The fourth-order valence-electron chi connectivity index (χ4n) is 1.45. The lowest BCUT2D eigenvalue weighted by Crippen LogP contribution is -2.24. The molecule has 1 aromatic rings. The van der Waals surface area contributed by atoms with Gasteiger partial charge in [0.25, 0.3) is 0 Å². The predicted molar refractivity (Wildman–Crippen MR) is 60.8 cm³/mol. The van der Waals surface area contributed by atoms with Gasteiger partial charge in [0.1, 0.15) is 5.75 Å². The maximum atomic E-state index is 9.80. The third-order valence-corrected chi connectivity index (χ3v) is 2.53. The summed E-state index contributed by atoms with van der Waals surface area (Å²) in [6.45, 7) is 5.84. The van der Waals surface area contributed by atoms with Crippen LogP contribution in [0.4, 0.5) is 0 Å². The van der Waals surface area contributed by atoms with Crippen LogP contribution in [-0.4, -0.2) is 16.3 Å². The molecule has 2 atom stereocenters. The van der Waals surface area contributed by atoms with Gasteiger partial charge in [-0.1, -0.05) is 19.9 Å². The fraction of sp³-hybridized carbons (Fsp3) is 0.500. The van der Waals surface area contributed by atoms with Crippen LogP contribution in [0.1, 0.15) is 43.9 Å². The quantitative estimate of drug-likeness (QED) is 0.712. The molecule has 0 amide bonds. The van der Waals surface area contributed by atoms with Gasteiger partial charge < -0.3 is 15.9 Å². The van der Waals surface area contributed by atoms with Crippen molar-refractivity contribution in [3.8, 4) is 5.75 Å². The Morgan fingerprint density at radius 3 is 2.27 bits per heavy atom. The molecule has 3 heteroatoms. The molecule has 0 radical (unpaired) electrons. The second kappa shape index (κ2) is 4.64. The van der Waals surface area contributed by atoms with E-state index in [9.17, 15) is 10.2 Å². The molecule has 2 unspecified atom stereocenters. The van der Waals surface area contributed by atoms with Gasteiger partial charge in [0.15, 0.2) is 0 Å². The van der Waals surface area contributed by atoms with Crippen LogP contribution >= 0.6 is 0 Å². The number of aliphatic hydroxyl groups excluding tert-OH is 1. The Morgan fingerprint density at radius 2 is 1.80 bits per heavy atom. The summed E-state index contributed by atoms with van der Waals surface area (Å²) < 4.78 is 0. The molecule has 3 nitrogen and oxygen atoms in total. The second-order valence-electron chi connectivity index (χ2n) is 4.28. The number of nitrogens with two attached hydrogens (primary N) is 1. The topological polar surface area (TPSA) is 66.5 Å². The Labute approximate surface area is 90.5 Å². The average molecular weight is 209 g/mol. The standard InChI is InChI=1S/C12H19NO2/c1-7(2)9-4-5-11(14)10(6-9)12(15)8(3)13/h4-8,12,14-15H,13H2,1-3H3. The molecular weight excluding hydrogens is 190 g/mol. The average Bonchev–Trinajstić information content (AvgIpc) is 2.16. The van der Waals surface area contributed by atoms with Crippen molar-refractivity contribution >= 4 is 0 Å². The maximum Gasteiger partial charge on any atom is 0.121 e. The van der Waals surface area contributed by atoms with Crippen molar-refractivity contribution in [2.75, 3.05) is 0 Å². The first-order valence-electron chi connectivity index (χ1n) is 5.20. The number of hydrogen-bond donors (Lipinski definition) is 3. The summed E-state index contributed by atoms with van der Waals surface area (Å²) in [6.07, 6.45) is -0.816. The first kappa shape index (κ1) is 12.0. The molecule has 0 aliphatic heterocycles. The van der Waals surface area contributed by atoms with Crippen LogP contribution in [0, 0.1) is 0 Å². The van der Waals surface area contributed by atoms with Crippen molar-refractivity contribution in [3.63, 3.8) is 0 Å². The Morgan fingerprint density at radius 1 is 1.20 bits per heavy atom. The SMILES string of the molecule is CC(C)c1ccc(O)c(C(O)C(C)N)c1. The molecule has 15 heavy (non-hydrogen) atoms. The zero-order chi connectivity index (χ0) is 11.6. The van der Waals surface area contributed by atoms with Crippen LogP contribution in [0.15, 0.2) is 18.2 Å². The minimum Gasteiger partial charge on any atom is -0.508 e. The molecule has 84 valence electrons. The molecule has 0 saturated heterocycles. The van der Waals surface area contributed by atoms with E-state index in [1.54, 1.807) is 13.0 Å². The van der Waals surface area contributed by atoms with E-state index < -0.39 is 12.1 Å². The van der Waals surface area contributed by atoms with Gasteiger partial charge in [-0.25, -0.2) is 0 Å². The van der Waals surface area contributed by atoms with Crippen molar-refractivity contribution in [1.29, 1.82) is 0 Å². The Balaban J connectivity index is 3.10. The Bertz CT molecular complexity index is 334. The molecular formula is C12H19NO2. The number of aromatic hydroxyl groups is 1. The summed E-state index contributed by atoms with van der Waals surface area (Å²) in [4.78, 5) is 0. The van der Waals surface area contributed by atoms with Crippen molar-refractivity contribution < 1.29 is 10.2 Å². The normalized spacial score (nSPS) is 15.3. The molecule has 0 aromatic heterocycles. The van der Waals surface area contributed by atoms with Gasteiger partial charge in [0, 0.05) is 11.6 Å². The fourth-order valence-corrected chi connectivity index (χ4v) is 1.45. The third-order valence-electron chi connectivity index (χ3n) is 2.53. The third kappa shape index (κ3) is 2.70. The van der Waals surface area contributed by atoms with Gasteiger partial charge in [-0.3, -0.25) is 0 Å². The van der Waals surface area contributed by atoms with Crippen molar-refractivity contribution in [3.05, 3.63) is 29.3 Å². The van der Waals surface area contributed by atoms with Crippen molar-refractivity contribution in [1.82, 2.24) is 0 Å². The number of rotatable bonds is 3. The number of benzene rings is 1. The largest absolute Gasteiger partial charge is 0.508 e. The summed E-state index contributed by atoms with van der Waals surface area (Å²) >= 11 is 0. The lowest BCUT2D eigenvalue weighted by Gasteiger charge is -2.18. The van der Waals surface area contributed by atoms with E-state index >= 15 is 0 Å². The maximum absolute atomic E-state index is 9.80. The summed E-state index contributed by atoms with van der Waals surface area (Å²) in [5, 5.41) is 19.4. The Kier molecular flexibility index (Phi) is 3.72. The second-order valence-corrected chi connectivity index (χ2v) is 4.28. The van der Waals surface area contributed by atoms with E-state index in [4.69, 9.17) is 5.73 Å². The zero-order valence-electron chi connectivity index (χ0n) is 9.44. The van der Waals surface area contributed by atoms with Crippen molar-refractivity contribution in [2.45, 2.75) is 38.8 Å². The molecule has 0 aliphatic rings. The van der Waals surface area contributed by atoms with Crippen LogP contribution in [-0.2, 0) is 0 Å². The molecule has 0 saturated carbocycles. The van der Waals surface area contributed by atoms with Gasteiger partial charge in [0.2, 0.25) is 0 Å². The van der Waals surface area contributed by atoms with Gasteiger partial charge in [-0.05, 0) is 30.5 Å². The highest BCUT2D eigenvalue weighted by Gasteiger charge is 2.17. The molecule has 1 rings (SSSR count). The van der Waals surface area contributed by atoms with Gasteiger partial charge in [-0.2, -0.15) is 0 Å². The number of phenolic OH excluding ortho intramolecular Hbond substituents is 1. The minimum absolute atomic E-state index is 0.101. The first-order chi connectivity index (χ1) is 6.93. The van der Waals surface area contributed by atoms with E-state index in [2.05, 4.69) is 13.8 Å². The summed E-state index contributed by atoms with van der Waals surface area (Å²) in [7, 11) is 0. The van der Waals surface area contributed by atoms with Crippen LogP contribution < -0.4 is 5.73 Å². The summed E-state index contributed by atoms with van der Waals surface area (Å²) in [5.41, 5.74) is 7.20. The monoisotopic (exact) mass is 209 g/mol. The van der Waals surface area contributed by atoms with Gasteiger partial charge >= 0.3 is 0 Å². The highest BCUT2D eigenvalue weighted by molar-refractivity contribution is 5.39. The van der Waals surface area contributed by atoms with Crippen LogP contribution in [0.25, 0.3) is 0 Å². The van der Waals surface area contributed by atoms with E-state index in [1.807, 2.05) is 12.1 Å². The van der Waals surface area contributed by atoms with Crippen LogP contribution in [0.2, 0.25) is 0 Å². The smallest absolute Gasteiger partial charge is 0.121 e. The zero-order valence-corrected chi connectivity index (χ0v) is 9.44. The molecule has 0 fully saturated rings. The lowest BCUT2D eigenvalue weighted by atomic mass is 9.96. The van der Waals surface area contributed by atoms with E-state index in [1.165, 1.54) is 0 Å². The Hall–Kier alpha value is -1.06. The van der Waals surface area contributed by atoms with E-state index in [0.29, 0.717) is 11.5 Å². The molecule has 0 heterocycles. The highest BCUT2D eigenvalue weighted by atomic mass is 16.3. The van der Waals surface area contributed by atoms with E-state index in [-0.39, 0.29) is 5.75 Å². The van der Waals surface area contributed by atoms with Crippen LogP contribution in [0.5, 0.6) is 5.75 Å². The number of phenols is 1. The molecule has 1 aromatic carbocycles.